The SMILES string of the molecule is C=CCN1CCc2c(CC(C)c3ccc4c(c3)CCNC4(F)F)cc(CC)cc2C1. The van der Waals surface area contributed by atoms with Crippen LogP contribution in [0.2, 0.25) is 0 Å². The molecule has 0 amide bonds. The van der Waals surface area contributed by atoms with Gasteiger partial charge >= 0.3 is 6.05 Å². The van der Waals surface area contributed by atoms with Crippen molar-refractivity contribution in [1.82, 2.24) is 10.2 Å². The van der Waals surface area contributed by atoms with E-state index in [1.54, 1.807) is 6.07 Å². The van der Waals surface area contributed by atoms with Crippen LogP contribution in [0.1, 0.15) is 58.7 Å². The summed E-state index contributed by atoms with van der Waals surface area (Å²) in [6.07, 6.45) is 5.68. The molecule has 0 saturated carbocycles. The molecule has 0 bridgehead atoms. The van der Waals surface area contributed by atoms with Gasteiger partial charge in [-0.3, -0.25) is 10.2 Å². The van der Waals surface area contributed by atoms with Gasteiger partial charge in [0.25, 0.3) is 0 Å². The summed E-state index contributed by atoms with van der Waals surface area (Å²) < 4.78 is 28.2. The fraction of sp³-hybridized carbons (Fsp3) is 0.462. The second-order valence-corrected chi connectivity index (χ2v) is 8.79. The molecule has 1 atom stereocenters. The van der Waals surface area contributed by atoms with Crippen LogP contribution in [0.15, 0.2) is 43.0 Å². The van der Waals surface area contributed by atoms with Crippen molar-refractivity contribution < 1.29 is 8.78 Å². The molecule has 0 aliphatic carbocycles. The molecule has 2 aliphatic heterocycles. The Labute approximate surface area is 179 Å². The number of fused-ring (bicyclic) bond motifs is 2. The van der Waals surface area contributed by atoms with E-state index in [0.717, 1.165) is 50.0 Å². The zero-order valence-electron chi connectivity index (χ0n) is 18.1. The summed E-state index contributed by atoms with van der Waals surface area (Å²) in [5.74, 6) is 0.293. The van der Waals surface area contributed by atoms with E-state index in [0.29, 0.717) is 18.9 Å². The first-order valence-electron chi connectivity index (χ1n) is 11.1. The summed E-state index contributed by atoms with van der Waals surface area (Å²) in [5, 5.41) is 2.32. The number of benzene rings is 2. The monoisotopic (exact) mass is 410 g/mol. The van der Waals surface area contributed by atoms with Gasteiger partial charge in [-0.25, -0.2) is 0 Å². The summed E-state index contributed by atoms with van der Waals surface area (Å²) in [4.78, 5) is 2.44. The number of nitrogens with zero attached hydrogens (tertiary/aromatic N) is 1. The predicted octanol–water partition coefficient (Wildman–Crippen LogP) is 5.33. The number of aryl methyl sites for hydroxylation is 1. The Morgan fingerprint density at radius 3 is 2.80 bits per heavy atom. The minimum Gasteiger partial charge on any atom is -0.295 e. The highest BCUT2D eigenvalue weighted by molar-refractivity contribution is 5.43. The van der Waals surface area contributed by atoms with E-state index in [2.05, 4.69) is 42.8 Å². The van der Waals surface area contributed by atoms with Crippen LogP contribution < -0.4 is 5.32 Å². The first kappa shape index (κ1) is 21.2. The molecule has 1 unspecified atom stereocenters. The fourth-order valence-corrected chi connectivity index (χ4v) is 4.98. The Bertz CT molecular complexity index is 935. The van der Waals surface area contributed by atoms with Gasteiger partial charge in [0.05, 0.1) is 0 Å². The Hall–Kier alpha value is -2.04. The normalized spacial score (nSPS) is 19.1. The van der Waals surface area contributed by atoms with Crippen molar-refractivity contribution in [1.29, 1.82) is 0 Å². The van der Waals surface area contributed by atoms with Crippen LogP contribution in [0.3, 0.4) is 0 Å². The minimum atomic E-state index is -2.92. The average molecular weight is 411 g/mol. The molecule has 2 aromatic rings. The van der Waals surface area contributed by atoms with Gasteiger partial charge in [-0.15, -0.1) is 6.58 Å². The highest BCUT2D eigenvalue weighted by Gasteiger charge is 2.36. The Morgan fingerprint density at radius 2 is 2.03 bits per heavy atom. The molecule has 2 aromatic carbocycles. The van der Waals surface area contributed by atoms with Crippen LogP contribution in [-0.2, 0) is 38.3 Å². The van der Waals surface area contributed by atoms with Crippen molar-refractivity contribution in [2.45, 2.75) is 58.0 Å². The van der Waals surface area contributed by atoms with Gasteiger partial charge in [-0.1, -0.05) is 50.3 Å². The highest BCUT2D eigenvalue weighted by atomic mass is 19.3. The van der Waals surface area contributed by atoms with E-state index >= 15 is 0 Å². The molecule has 4 rings (SSSR count). The molecule has 2 aliphatic rings. The van der Waals surface area contributed by atoms with Gasteiger partial charge in [0.15, 0.2) is 0 Å². The summed E-state index contributed by atoms with van der Waals surface area (Å²) in [7, 11) is 0. The van der Waals surface area contributed by atoms with Crippen LogP contribution in [0.5, 0.6) is 0 Å². The highest BCUT2D eigenvalue weighted by Crippen LogP contribution is 2.35. The topological polar surface area (TPSA) is 15.3 Å². The molecular weight excluding hydrogens is 378 g/mol. The molecular formula is C26H32F2N2. The lowest BCUT2D eigenvalue weighted by Crippen LogP contribution is -2.40. The van der Waals surface area contributed by atoms with Crippen LogP contribution in [-0.4, -0.2) is 24.5 Å². The molecule has 0 radical (unpaired) electrons. The number of hydrogen-bond donors (Lipinski definition) is 1. The number of alkyl halides is 2. The van der Waals surface area contributed by atoms with Gasteiger partial charge in [-0.2, -0.15) is 8.78 Å². The maximum absolute atomic E-state index is 14.1. The van der Waals surface area contributed by atoms with Crippen molar-refractivity contribution >= 4 is 0 Å². The summed E-state index contributed by atoms with van der Waals surface area (Å²) in [5.41, 5.74) is 7.83. The number of nitrogens with one attached hydrogen (secondary N) is 1. The van der Waals surface area contributed by atoms with E-state index in [9.17, 15) is 8.78 Å². The zero-order chi connectivity index (χ0) is 21.3. The van der Waals surface area contributed by atoms with E-state index < -0.39 is 6.05 Å². The van der Waals surface area contributed by atoms with E-state index in [-0.39, 0.29) is 5.56 Å². The molecule has 160 valence electrons. The molecule has 0 fully saturated rings. The maximum Gasteiger partial charge on any atom is 0.329 e. The number of hydrogen-bond acceptors (Lipinski definition) is 2. The van der Waals surface area contributed by atoms with Crippen LogP contribution in [0.4, 0.5) is 8.78 Å². The van der Waals surface area contributed by atoms with Gasteiger partial charge in [0, 0.05) is 31.7 Å². The third-order valence-electron chi connectivity index (χ3n) is 6.67. The second-order valence-electron chi connectivity index (χ2n) is 8.79. The third-order valence-corrected chi connectivity index (χ3v) is 6.67. The summed E-state index contributed by atoms with van der Waals surface area (Å²) in [6, 6.07) is 7.35. The van der Waals surface area contributed by atoms with Gasteiger partial charge in [0.2, 0.25) is 0 Å². The largest absolute Gasteiger partial charge is 0.329 e. The van der Waals surface area contributed by atoms with Crippen molar-refractivity contribution in [3.05, 3.63) is 81.9 Å². The van der Waals surface area contributed by atoms with Crippen molar-refractivity contribution in [2.24, 2.45) is 0 Å². The third kappa shape index (κ3) is 4.21. The van der Waals surface area contributed by atoms with Crippen molar-refractivity contribution in [3.63, 3.8) is 0 Å². The molecule has 0 aromatic heterocycles. The minimum absolute atomic E-state index is 0.136. The summed E-state index contributed by atoms with van der Waals surface area (Å²) in [6.45, 7) is 11.6. The lowest BCUT2D eigenvalue weighted by molar-refractivity contribution is -0.0468. The van der Waals surface area contributed by atoms with Crippen molar-refractivity contribution in [3.8, 4) is 0 Å². The maximum atomic E-state index is 14.1. The van der Waals surface area contributed by atoms with Crippen LogP contribution >= 0.6 is 0 Å². The lowest BCUT2D eigenvalue weighted by Gasteiger charge is -2.31. The summed E-state index contributed by atoms with van der Waals surface area (Å²) >= 11 is 0. The smallest absolute Gasteiger partial charge is 0.295 e. The Kier molecular flexibility index (Phi) is 6.08. The first-order valence-corrected chi connectivity index (χ1v) is 11.1. The van der Waals surface area contributed by atoms with Crippen LogP contribution in [0, 0.1) is 0 Å². The first-order chi connectivity index (χ1) is 14.4. The standard InChI is InChI=1S/C26H32F2N2/c1-4-11-30-12-9-24-22(14-19(5-2)15-23(24)17-30)13-18(3)20-6-7-25-21(16-20)8-10-29-26(25,27)28/h4,6-7,14-16,18,29H,1,5,8-13,17H2,2-3H3. The van der Waals surface area contributed by atoms with Crippen molar-refractivity contribution in [2.75, 3.05) is 19.6 Å². The number of rotatable bonds is 6. The Morgan fingerprint density at radius 1 is 1.20 bits per heavy atom. The number of halogens is 2. The molecule has 2 heterocycles. The van der Waals surface area contributed by atoms with Gasteiger partial charge in [0.1, 0.15) is 0 Å². The predicted molar refractivity (Wildman–Crippen MR) is 119 cm³/mol. The molecule has 0 spiro atoms. The lowest BCUT2D eigenvalue weighted by atomic mass is 9.84. The van der Waals surface area contributed by atoms with Crippen LogP contribution in [0.25, 0.3) is 0 Å². The Balaban J connectivity index is 1.60. The fourth-order valence-electron chi connectivity index (χ4n) is 4.98. The average Bonchev–Trinajstić information content (AvgIpc) is 2.73. The quantitative estimate of drug-likeness (QED) is 0.511. The molecule has 30 heavy (non-hydrogen) atoms. The zero-order valence-corrected chi connectivity index (χ0v) is 18.1. The molecule has 0 saturated heterocycles. The molecule has 2 nitrogen and oxygen atoms in total. The van der Waals surface area contributed by atoms with Gasteiger partial charge < -0.3 is 0 Å². The van der Waals surface area contributed by atoms with E-state index in [1.165, 1.54) is 22.3 Å². The van der Waals surface area contributed by atoms with E-state index in [1.807, 2.05) is 18.2 Å². The van der Waals surface area contributed by atoms with Gasteiger partial charge in [-0.05, 0) is 65.0 Å². The van der Waals surface area contributed by atoms with E-state index in [4.69, 9.17) is 0 Å². The molecule has 4 heteroatoms. The second kappa shape index (κ2) is 8.60. The molecule has 1 N–H and O–H groups in total.